The van der Waals surface area contributed by atoms with Gasteiger partial charge in [0, 0.05) is 24.8 Å². The summed E-state index contributed by atoms with van der Waals surface area (Å²) in [6.45, 7) is 8.16. The van der Waals surface area contributed by atoms with Gasteiger partial charge in [0.2, 0.25) is 0 Å². The molecule has 1 rings (SSSR count). The van der Waals surface area contributed by atoms with Gasteiger partial charge in [0.05, 0.1) is 6.61 Å². The lowest BCUT2D eigenvalue weighted by Gasteiger charge is -2.21. The highest BCUT2D eigenvalue weighted by atomic mass is 16.5. The minimum Gasteiger partial charge on any atom is -0.493 e. The van der Waals surface area contributed by atoms with Gasteiger partial charge in [0.1, 0.15) is 5.75 Å². The van der Waals surface area contributed by atoms with Crippen LogP contribution in [-0.2, 0) is 0 Å². The topological polar surface area (TPSA) is 24.5 Å². The normalized spacial score (nSPS) is 10.3. The molecule has 0 spiro atoms. The van der Waals surface area contributed by atoms with Gasteiger partial charge in [-0.05, 0) is 46.0 Å². The second kappa shape index (κ2) is 7.96. The maximum atomic E-state index is 5.72. The number of nitrogens with zero attached hydrogens (tertiary/aromatic N) is 1. The summed E-state index contributed by atoms with van der Waals surface area (Å²) >= 11 is 0. The average molecular weight is 236 g/mol. The summed E-state index contributed by atoms with van der Waals surface area (Å²) in [5.41, 5.74) is 1.24. The molecule has 0 bridgehead atoms. The van der Waals surface area contributed by atoms with Crippen LogP contribution in [0.15, 0.2) is 24.3 Å². The van der Waals surface area contributed by atoms with Crippen molar-refractivity contribution < 1.29 is 4.74 Å². The molecule has 17 heavy (non-hydrogen) atoms. The summed E-state index contributed by atoms with van der Waals surface area (Å²) in [5.74, 6) is 0.963. The van der Waals surface area contributed by atoms with E-state index in [0.29, 0.717) is 0 Å². The summed E-state index contributed by atoms with van der Waals surface area (Å²) in [6, 6.07) is 8.33. The van der Waals surface area contributed by atoms with Crippen molar-refractivity contribution in [3.63, 3.8) is 0 Å². The molecule has 0 heterocycles. The molecule has 1 aromatic carbocycles. The highest BCUT2D eigenvalue weighted by Crippen LogP contribution is 2.20. The van der Waals surface area contributed by atoms with Crippen molar-refractivity contribution in [1.29, 1.82) is 0 Å². The summed E-state index contributed by atoms with van der Waals surface area (Å²) in [7, 11) is 1.96. The van der Waals surface area contributed by atoms with E-state index in [-0.39, 0.29) is 0 Å². The fraction of sp³-hybridized carbons (Fsp3) is 0.571. The zero-order valence-electron chi connectivity index (χ0n) is 11.2. The van der Waals surface area contributed by atoms with Crippen LogP contribution in [0.2, 0.25) is 0 Å². The van der Waals surface area contributed by atoms with Crippen LogP contribution in [0.1, 0.15) is 20.3 Å². The van der Waals surface area contributed by atoms with Crippen LogP contribution in [0.3, 0.4) is 0 Å². The van der Waals surface area contributed by atoms with Crippen LogP contribution in [-0.4, -0.2) is 33.3 Å². The van der Waals surface area contributed by atoms with E-state index in [1.54, 1.807) is 0 Å². The van der Waals surface area contributed by atoms with Crippen LogP contribution in [0.4, 0.5) is 5.69 Å². The number of benzene rings is 1. The van der Waals surface area contributed by atoms with E-state index in [9.17, 15) is 0 Å². The molecular weight excluding hydrogens is 212 g/mol. The van der Waals surface area contributed by atoms with Gasteiger partial charge in [-0.1, -0.05) is 6.07 Å². The third-order valence-corrected chi connectivity index (χ3v) is 2.79. The highest BCUT2D eigenvalue weighted by molar-refractivity contribution is 5.50. The van der Waals surface area contributed by atoms with Crippen molar-refractivity contribution in [2.45, 2.75) is 20.3 Å². The fourth-order valence-corrected chi connectivity index (χ4v) is 1.80. The van der Waals surface area contributed by atoms with Gasteiger partial charge < -0.3 is 15.0 Å². The zero-order valence-corrected chi connectivity index (χ0v) is 11.2. The van der Waals surface area contributed by atoms with Gasteiger partial charge >= 0.3 is 0 Å². The van der Waals surface area contributed by atoms with Crippen LogP contribution in [0, 0.1) is 0 Å². The first kappa shape index (κ1) is 13.8. The number of hydrogen-bond acceptors (Lipinski definition) is 3. The first-order valence-electron chi connectivity index (χ1n) is 6.44. The molecule has 3 heteroatoms. The lowest BCUT2D eigenvalue weighted by atomic mass is 10.2. The SMILES string of the molecule is CCN(CC)c1cccc(OCCCNC)c1. The monoisotopic (exact) mass is 236 g/mol. The quantitative estimate of drug-likeness (QED) is 0.702. The van der Waals surface area contributed by atoms with Crippen molar-refractivity contribution in [3.05, 3.63) is 24.3 Å². The van der Waals surface area contributed by atoms with Crippen molar-refractivity contribution in [2.75, 3.05) is 38.2 Å². The van der Waals surface area contributed by atoms with E-state index in [1.165, 1.54) is 5.69 Å². The van der Waals surface area contributed by atoms with Crippen molar-refractivity contribution >= 4 is 5.69 Å². The molecule has 0 aliphatic carbocycles. The Morgan fingerprint density at radius 3 is 2.65 bits per heavy atom. The van der Waals surface area contributed by atoms with Crippen LogP contribution < -0.4 is 15.0 Å². The van der Waals surface area contributed by atoms with Crippen LogP contribution in [0.25, 0.3) is 0 Å². The van der Waals surface area contributed by atoms with Crippen molar-refractivity contribution in [1.82, 2.24) is 5.32 Å². The predicted molar refractivity (Wildman–Crippen MR) is 74.0 cm³/mol. The minimum absolute atomic E-state index is 0.766. The second-order valence-corrected chi connectivity index (χ2v) is 3.98. The van der Waals surface area contributed by atoms with E-state index in [0.717, 1.165) is 38.4 Å². The zero-order chi connectivity index (χ0) is 12.5. The fourth-order valence-electron chi connectivity index (χ4n) is 1.80. The largest absolute Gasteiger partial charge is 0.493 e. The second-order valence-electron chi connectivity index (χ2n) is 3.98. The number of rotatable bonds is 8. The molecular formula is C14H24N2O. The van der Waals surface area contributed by atoms with Crippen molar-refractivity contribution in [2.24, 2.45) is 0 Å². The number of anilines is 1. The van der Waals surface area contributed by atoms with E-state index in [2.05, 4.69) is 42.3 Å². The Hall–Kier alpha value is -1.22. The van der Waals surface area contributed by atoms with Crippen LogP contribution >= 0.6 is 0 Å². The van der Waals surface area contributed by atoms with Gasteiger partial charge in [-0.15, -0.1) is 0 Å². The molecule has 0 aliphatic heterocycles. The molecule has 0 saturated carbocycles. The molecule has 0 radical (unpaired) electrons. The summed E-state index contributed by atoms with van der Waals surface area (Å²) in [5, 5.41) is 3.11. The molecule has 0 unspecified atom stereocenters. The molecule has 0 amide bonds. The van der Waals surface area contributed by atoms with Gasteiger partial charge in [0.15, 0.2) is 0 Å². The number of hydrogen-bond donors (Lipinski definition) is 1. The molecule has 1 N–H and O–H groups in total. The molecule has 0 aliphatic rings. The molecule has 0 aromatic heterocycles. The number of nitrogens with one attached hydrogen (secondary N) is 1. The molecule has 3 nitrogen and oxygen atoms in total. The first-order chi connectivity index (χ1) is 8.31. The van der Waals surface area contributed by atoms with Gasteiger partial charge in [-0.3, -0.25) is 0 Å². The Kier molecular flexibility index (Phi) is 6.48. The predicted octanol–water partition coefficient (Wildman–Crippen LogP) is 2.52. The number of ether oxygens (including phenoxy) is 1. The summed E-state index contributed by atoms with van der Waals surface area (Å²) < 4.78 is 5.72. The highest BCUT2D eigenvalue weighted by Gasteiger charge is 2.02. The third-order valence-electron chi connectivity index (χ3n) is 2.79. The van der Waals surface area contributed by atoms with Gasteiger partial charge in [0.25, 0.3) is 0 Å². The summed E-state index contributed by atoms with van der Waals surface area (Å²) in [4.78, 5) is 2.32. The smallest absolute Gasteiger partial charge is 0.121 e. The van der Waals surface area contributed by atoms with Crippen LogP contribution in [0.5, 0.6) is 5.75 Å². The molecule has 0 atom stereocenters. The van der Waals surface area contributed by atoms with E-state index < -0.39 is 0 Å². The molecule has 96 valence electrons. The Labute approximate surface area is 105 Å². The average Bonchev–Trinajstić information content (AvgIpc) is 2.37. The van der Waals surface area contributed by atoms with Crippen molar-refractivity contribution in [3.8, 4) is 5.75 Å². The first-order valence-corrected chi connectivity index (χ1v) is 6.44. The maximum Gasteiger partial charge on any atom is 0.121 e. The van der Waals surface area contributed by atoms with E-state index in [4.69, 9.17) is 4.74 Å². The summed E-state index contributed by atoms with van der Waals surface area (Å²) in [6.07, 6.45) is 1.03. The maximum absolute atomic E-state index is 5.72. The Bertz CT molecular complexity index is 311. The van der Waals surface area contributed by atoms with Gasteiger partial charge in [-0.25, -0.2) is 0 Å². The minimum atomic E-state index is 0.766. The lowest BCUT2D eigenvalue weighted by Crippen LogP contribution is -2.21. The third kappa shape index (κ3) is 4.65. The standard InChI is InChI=1S/C14H24N2O/c1-4-16(5-2)13-8-6-9-14(12-13)17-11-7-10-15-3/h6,8-9,12,15H,4-5,7,10-11H2,1-3H3. The molecule has 0 saturated heterocycles. The van der Waals surface area contributed by atoms with E-state index in [1.807, 2.05) is 13.1 Å². The van der Waals surface area contributed by atoms with E-state index >= 15 is 0 Å². The molecule has 1 aromatic rings. The molecule has 0 fully saturated rings. The van der Waals surface area contributed by atoms with Gasteiger partial charge in [-0.2, -0.15) is 0 Å². The Morgan fingerprint density at radius 2 is 2.00 bits per heavy atom. The Morgan fingerprint density at radius 1 is 1.24 bits per heavy atom. The lowest BCUT2D eigenvalue weighted by molar-refractivity contribution is 0.310. The Balaban J connectivity index is 2.53.